The molecule has 4 rings (SSSR count). The molecule has 0 aliphatic carbocycles. The Bertz CT molecular complexity index is 797. The normalized spacial score (nSPS) is 21.6. The number of nitrogens with zero attached hydrogens (tertiary/aromatic N) is 5. The summed E-state index contributed by atoms with van der Waals surface area (Å²) in [4.78, 5) is 21.0. The zero-order chi connectivity index (χ0) is 18.1. The second kappa shape index (κ2) is 7.32. The minimum Gasteiger partial charge on any atom is -0.379 e. The molecule has 2 aliphatic heterocycles. The van der Waals surface area contributed by atoms with Gasteiger partial charge in [0.1, 0.15) is 0 Å². The lowest BCUT2D eigenvalue weighted by Crippen LogP contribution is -2.35. The molecule has 0 aromatic carbocycles. The molecule has 2 fully saturated rings. The smallest absolute Gasteiger partial charge is 0.222 e. The summed E-state index contributed by atoms with van der Waals surface area (Å²) in [5, 5.41) is 4.81. The van der Waals surface area contributed by atoms with Crippen molar-refractivity contribution in [1.82, 2.24) is 24.4 Å². The van der Waals surface area contributed by atoms with Crippen LogP contribution in [0, 0.1) is 6.92 Å². The van der Waals surface area contributed by atoms with Crippen LogP contribution in [0.25, 0.3) is 5.65 Å². The van der Waals surface area contributed by atoms with Crippen LogP contribution in [0.2, 0.25) is 0 Å². The molecular formula is C19H27N5O2. The third-order valence-corrected chi connectivity index (χ3v) is 5.59. The van der Waals surface area contributed by atoms with Crippen molar-refractivity contribution in [3.8, 4) is 0 Å². The number of amides is 1. The zero-order valence-corrected chi connectivity index (χ0v) is 15.6. The van der Waals surface area contributed by atoms with Gasteiger partial charge in [0.15, 0.2) is 5.65 Å². The van der Waals surface area contributed by atoms with Crippen LogP contribution < -0.4 is 0 Å². The molecule has 7 heteroatoms. The lowest BCUT2D eigenvalue weighted by Gasteiger charge is -2.26. The van der Waals surface area contributed by atoms with Crippen molar-refractivity contribution in [2.24, 2.45) is 0 Å². The Morgan fingerprint density at radius 2 is 2.12 bits per heavy atom. The third-order valence-electron chi connectivity index (χ3n) is 5.59. The van der Waals surface area contributed by atoms with Crippen LogP contribution in [0.15, 0.2) is 12.3 Å². The highest BCUT2D eigenvalue weighted by molar-refractivity contribution is 5.76. The van der Waals surface area contributed by atoms with E-state index in [0.717, 1.165) is 69.4 Å². The monoisotopic (exact) mass is 357 g/mol. The van der Waals surface area contributed by atoms with Crippen molar-refractivity contribution in [2.75, 3.05) is 39.4 Å². The molecule has 1 unspecified atom stereocenters. The van der Waals surface area contributed by atoms with Crippen molar-refractivity contribution >= 4 is 11.6 Å². The molecule has 2 aliphatic rings. The maximum atomic E-state index is 12.0. The highest BCUT2D eigenvalue weighted by atomic mass is 16.5. The van der Waals surface area contributed by atoms with E-state index < -0.39 is 0 Å². The Kier molecular flexibility index (Phi) is 4.91. The lowest BCUT2D eigenvalue weighted by atomic mass is 10.0. The van der Waals surface area contributed by atoms with Gasteiger partial charge in [0, 0.05) is 56.8 Å². The number of ether oxygens (including phenoxy) is 1. The summed E-state index contributed by atoms with van der Waals surface area (Å²) in [7, 11) is 0. The van der Waals surface area contributed by atoms with Crippen LogP contribution in [-0.4, -0.2) is 69.7 Å². The van der Waals surface area contributed by atoms with Crippen LogP contribution in [0.4, 0.5) is 0 Å². The van der Waals surface area contributed by atoms with E-state index in [-0.39, 0.29) is 5.91 Å². The summed E-state index contributed by atoms with van der Waals surface area (Å²) in [6.07, 6.45) is 3.45. The standard InChI is InChI=1S/C19H27N5O2/c1-3-18(25)23-7-5-15(12-23)17-4-6-20-19-16(14(2)21-24(17)19)13-22-8-10-26-11-9-22/h4,6,15H,3,5,7-13H2,1-2H3. The maximum Gasteiger partial charge on any atom is 0.222 e. The second-order valence-corrected chi connectivity index (χ2v) is 7.24. The number of carbonyl (C=O) groups excluding carboxylic acids is 1. The number of likely N-dealkylation sites (tertiary alicyclic amines) is 1. The number of fused-ring (bicyclic) bond motifs is 1. The predicted molar refractivity (Wildman–Crippen MR) is 98.0 cm³/mol. The molecule has 26 heavy (non-hydrogen) atoms. The van der Waals surface area contributed by atoms with Crippen LogP contribution in [0.3, 0.4) is 0 Å². The number of rotatable bonds is 4. The molecule has 0 saturated carbocycles. The van der Waals surface area contributed by atoms with Crippen LogP contribution in [-0.2, 0) is 16.1 Å². The molecule has 4 heterocycles. The van der Waals surface area contributed by atoms with Gasteiger partial charge in [0.05, 0.1) is 24.6 Å². The first kappa shape index (κ1) is 17.4. The van der Waals surface area contributed by atoms with Crippen LogP contribution >= 0.6 is 0 Å². The van der Waals surface area contributed by atoms with Gasteiger partial charge in [-0.15, -0.1) is 0 Å². The van der Waals surface area contributed by atoms with E-state index in [9.17, 15) is 4.79 Å². The van der Waals surface area contributed by atoms with Gasteiger partial charge >= 0.3 is 0 Å². The van der Waals surface area contributed by atoms with Crippen molar-refractivity contribution < 1.29 is 9.53 Å². The first-order valence-electron chi connectivity index (χ1n) is 9.58. The molecule has 0 N–H and O–H groups in total. The summed E-state index contributed by atoms with van der Waals surface area (Å²) in [5.41, 5.74) is 4.36. The largest absolute Gasteiger partial charge is 0.379 e. The highest BCUT2D eigenvalue weighted by Crippen LogP contribution is 2.29. The average molecular weight is 357 g/mol. The molecule has 140 valence electrons. The molecule has 2 saturated heterocycles. The molecule has 0 bridgehead atoms. The van der Waals surface area contributed by atoms with E-state index in [1.807, 2.05) is 22.5 Å². The van der Waals surface area contributed by atoms with Crippen molar-refractivity contribution in [3.63, 3.8) is 0 Å². The predicted octanol–water partition coefficient (Wildman–Crippen LogP) is 1.60. The minimum absolute atomic E-state index is 0.238. The summed E-state index contributed by atoms with van der Waals surface area (Å²) >= 11 is 0. The van der Waals surface area contributed by atoms with Gasteiger partial charge in [-0.25, -0.2) is 9.50 Å². The quantitative estimate of drug-likeness (QED) is 0.832. The number of aryl methyl sites for hydroxylation is 1. The van der Waals surface area contributed by atoms with E-state index in [4.69, 9.17) is 9.84 Å². The Hall–Kier alpha value is -1.99. The molecule has 2 aromatic rings. The first-order chi connectivity index (χ1) is 12.7. The molecular weight excluding hydrogens is 330 g/mol. The Morgan fingerprint density at radius 1 is 1.31 bits per heavy atom. The fraction of sp³-hybridized carbons (Fsp3) is 0.632. The Balaban J connectivity index is 1.61. The summed E-state index contributed by atoms with van der Waals surface area (Å²) in [5.74, 6) is 0.564. The van der Waals surface area contributed by atoms with E-state index in [2.05, 4.69) is 22.9 Å². The minimum atomic E-state index is 0.238. The number of aromatic nitrogens is 3. The fourth-order valence-corrected chi connectivity index (χ4v) is 4.04. The van der Waals surface area contributed by atoms with Crippen LogP contribution in [0.5, 0.6) is 0 Å². The van der Waals surface area contributed by atoms with Gasteiger partial charge in [-0.05, 0) is 19.4 Å². The van der Waals surface area contributed by atoms with Gasteiger partial charge in [-0.3, -0.25) is 9.69 Å². The van der Waals surface area contributed by atoms with Crippen molar-refractivity contribution in [2.45, 2.75) is 39.2 Å². The Labute approximate surface area is 153 Å². The second-order valence-electron chi connectivity index (χ2n) is 7.24. The van der Waals surface area contributed by atoms with E-state index >= 15 is 0 Å². The fourth-order valence-electron chi connectivity index (χ4n) is 4.04. The number of morpholine rings is 1. The van der Waals surface area contributed by atoms with Gasteiger partial charge in [-0.1, -0.05) is 6.92 Å². The first-order valence-corrected chi connectivity index (χ1v) is 9.58. The Morgan fingerprint density at radius 3 is 2.88 bits per heavy atom. The summed E-state index contributed by atoms with van der Waals surface area (Å²) < 4.78 is 7.46. The molecule has 0 radical (unpaired) electrons. The summed E-state index contributed by atoms with van der Waals surface area (Å²) in [6, 6.07) is 2.06. The van der Waals surface area contributed by atoms with Crippen molar-refractivity contribution in [1.29, 1.82) is 0 Å². The number of hydrogen-bond donors (Lipinski definition) is 0. The average Bonchev–Trinajstić information content (AvgIpc) is 3.27. The molecule has 7 nitrogen and oxygen atoms in total. The van der Waals surface area contributed by atoms with Gasteiger partial charge < -0.3 is 9.64 Å². The molecule has 2 aromatic heterocycles. The van der Waals surface area contributed by atoms with Crippen LogP contribution in [0.1, 0.15) is 42.6 Å². The van der Waals surface area contributed by atoms with E-state index in [1.165, 1.54) is 5.56 Å². The number of hydrogen-bond acceptors (Lipinski definition) is 5. The third kappa shape index (κ3) is 3.21. The zero-order valence-electron chi connectivity index (χ0n) is 15.6. The SMILES string of the molecule is CCC(=O)N1CCC(c2ccnc3c(CN4CCOCC4)c(C)nn23)C1. The lowest BCUT2D eigenvalue weighted by molar-refractivity contribution is -0.129. The highest BCUT2D eigenvalue weighted by Gasteiger charge is 2.29. The maximum absolute atomic E-state index is 12.0. The molecule has 1 atom stereocenters. The number of carbonyl (C=O) groups is 1. The van der Waals surface area contributed by atoms with Gasteiger partial charge in [-0.2, -0.15) is 5.10 Å². The van der Waals surface area contributed by atoms with Crippen molar-refractivity contribution in [3.05, 3.63) is 29.2 Å². The van der Waals surface area contributed by atoms with E-state index in [1.54, 1.807) is 0 Å². The topological polar surface area (TPSA) is 63.0 Å². The van der Waals surface area contributed by atoms with Gasteiger partial charge in [0.2, 0.25) is 5.91 Å². The van der Waals surface area contributed by atoms with E-state index in [0.29, 0.717) is 12.3 Å². The molecule has 1 amide bonds. The van der Waals surface area contributed by atoms with Gasteiger partial charge in [0.25, 0.3) is 0 Å². The molecule has 0 spiro atoms. The summed E-state index contributed by atoms with van der Waals surface area (Å²) in [6.45, 7) is 9.96.